The third-order valence-electron chi connectivity index (χ3n) is 3.64. The molecule has 3 heteroatoms. The van der Waals surface area contributed by atoms with Crippen LogP contribution < -0.4 is 0 Å². The Morgan fingerprint density at radius 3 is 2.53 bits per heavy atom. The van der Waals surface area contributed by atoms with E-state index in [4.69, 9.17) is 5.11 Å². The highest BCUT2D eigenvalue weighted by molar-refractivity contribution is 5.67. The van der Waals surface area contributed by atoms with Crippen molar-refractivity contribution in [2.75, 3.05) is 0 Å². The third kappa shape index (κ3) is 3.05. The van der Waals surface area contributed by atoms with E-state index in [1.54, 1.807) is 12.1 Å². The molecular formula is C14H17FO2. The van der Waals surface area contributed by atoms with Crippen LogP contribution >= 0.6 is 0 Å². The lowest BCUT2D eigenvalue weighted by Gasteiger charge is -2.31. The smallest absolute Gasteiger partial charge is 0.303 e. The van der Waals surface area contributed by atoms with Crippen molar-refractivity contribution in [3.05, 3.63) is 35.6 Å². The summed E-state index contributed by atoms with van der Waals surface area (Å²) in [5.74, 6) is -0.490. The molecule has 0 amide bonds. The Bertz CT molecular complexity index is 386. The summed E-state index contributed by atoms with van der Waals surface area (Å²) in [4.78, 5) is 10.8. The van der Waals surface area contributed by atoms with E-state index in [2.05, 4.69) is 0 Å². The number of carbonyl (C=O) groups is 1. The van der Waals surface area contributed by atoms with Gasteiger partial charge in [-0.05, 0) is 42.4 Å². The summed E-state index contributed by atoms with van der Waals surface area (Å²) in [5, 5.41) is 8.91. The van der Waals surface area contributed by atoms with Gasteiger partial charge in [-0.15, -0.1) is 0 Å². The fourth-order valence-corrected chi connectivity index (χ4v) is 2.83. The minimum absolute atomic E-state index is 0.201. The first-order valence-corrected chi connectivity index (χ1v) is 6.14. The molecule has 0 aliphatic heterocycles. The second-order valence-electron chi connectivity index (χ2n) is 4.80. The number of hydrogen-bond acceptors (Lipinski definition) is 1. The van der Waals surface area contributed by atoms with Crippen LogP contribution in [0.15, 0.2) is 24.3 Å². The number of carboxylic acid groups (broad SMARTS) is 1. The molecule has 1 aromatic rings. The van der Waals surface area contributed by atoms with Crippen molar-refractivity contribution in [3.8, 4) is 0 Å². The first-order valence-electron chi connectivity index (χ1n) is 6.14. The molecule has 1 fully saturated rings. The maximum Gasteiger partial charge on any atom is 0.303 e. The molecule has 1 unspecified atom stereocenters. The van der Waals surface area contributed by atoms with Crippen molar-refractivity contribution in [2.24, 2.45) is 5.92 Å². The summed E-state index contributed by atoms with van der Waals surface area (Å²) in [7, 11) is 0. The van der Waals surface area contributed by atoms with Crippen LogP contribution in [0.5, 0.6) is 0 Å². The van der Waals surface area contributed by atoms with Gasteiger partial charge in [0.05, 0.1) is 0 Å². The van der Waals surface area contributed by atoms with E-state index in [9.17, 15) is 9.18 Å². The fraction of sp³-hybridized carbons (Fsp3) is 0.500. The second-order valence-corrected chi connectivity index (χ2v) is 4.80. The zero-order chi connectivity index (χ0) is 12.3. The quantitative estimate of drug-likeness (QED) is 0.871. The van der Waals surface area contributed by atoms with Crippen LogP contribution in [-0.4, -0.2) is 11.1 Å². The number of rotatable bonds is 3. The molecular weight excluding hydrogens is 219 g/mol. The summed E-state index contributed by atoms with van der Waals surface area (Å²) in [6.07, 6.45) is 4.45. The molecule has 0 saturated heterocycles. The topological polar surface area (TPSA) is 37.3 Å². The van der Waals surface area contributed by atoms with Gasteiger partial charge in [0.2, 0.25) is 0 Å². The summed E-state index contributed by atoms with van der Waals surface area (Å²) in [6.45, 7) is 0. The normalized spacial score (nSPS) is 24.5. The van der Waals surface area contributed by atoms with Crippen LogP contribution in [0.25, 0.3) is 0 Å². The zero-order valence-electron chi connectivity index (χ0n) is 9.73. The van der Waals surface area contributed by atoms with E-state index in [1.165, 1.54) is 12.1 Å². The molecule has 2 rings (SSSR count). The lowest BCUT2D eigenvalue weighted by molar-refractivity contribution is -0.138. The van der Waals surface area contributed by atoms with Crippen LogP contribution in [0, 0.1) is 11.7 Å². The van der Waals surface area contributed by atoms with Crippen LogP contribution in [0.3, 0.4) is 0 Å². The second kappa shape index (κ2) is 5.30. The molecule has 0 radical (unpaired) electrons. The fourth-order valence-electron chi connectivity index (χ4n) is 2.83. The van der Waals surface area contributed by atoms with Crippen LogP contribution in [0.2, 0.25) is 0 Å². The average molecular weight is 236 g/mol. The monoisotopic (exact) mass is 236 g/mol. The van der Waals surface area contributed by atoms with Gasteiger partial charge in [0.1, 0.15) is 5.82 Å². The van der Waals surface area contributed by atoms with Crippen LogP contribution in [0.4, 0.5) is 4.39 Å². The molecule has 1 aromatic carbocycles. The van der Waals surface area contributed by atoms with Crippen molar-refractivity contribution < 1.29 is 14.3 Å². The Kier molecular flexibility index (Phi) is 3.77. The van der Waals surface area contributed by atoms with Crippen molar-refractivity contribution in [2.45, 2.75) is 38.0 Å². The molecule has 92 valence electrons. The summed E-state index contributed by atoms with van der Waals surface area (Å²) >= 11 is 0. The number of hydrogen-bond donors (Lipinski definition) is 1. The van der Waals surface area contributed by atoms with Gasteiger partial charge in [0.25, 0.3) is 0 Å². The maximum atomic E-state index is 12.9. The molecule has 1 aliphatic carbocycles. The highest BCUT2D eigenvalue weighted by Gasteiger charge is 2.28. The van der Waals surface area contributed by atoms with E-state index in [-0.39, 0.29) is 24.1 Å². The van der Waals surface area contributed by atoms with Gasteiger partial charge in [-0.1, -0.05) is 25.0 Å². The molecule has 0 spiro atoms. The van der Waals surface area contributed by atoms with Crippen molar-refractivity contribution in [3.63, 3.8) is 0 Å². The van der Waals surface area contributed by atoms with Crippen LogP contribution in [-0.2, 0) is 4.79 Å². The summed E-state index contributed by atoms with van der Waals surface area (Å²) in [5.41, 5.74) is 1.08. The molecule has 0 bridgehead atoms. The molecule has 2 nitrogen and oxygen atoms in total. The Balaban J connectivity index is 2.15. The van der Waals surface area contributed by atoms with Gasteiger partial charge < -0.3 is 5.11 Å². The SMILES string of the molecule is O=C(O)C[C@H]1CCCCC1c1ccc(F)cc1. The Morgan fingerprint density at radius 1 is 1.24 bits per heavy atom. The van der Waals surface area contributed by atoms with Gasteiger partial charge >= 0.3 is 5.97 Å². The van der Waals surface area contributed by atoms with Gasteiger partial charge in [0, 0.05) is 6.42 Å². The first-order chi connectivity index (χ1) is 8.16. The molecule has 17 heavy (non-hydrogen) atoms. The Hall–Kier alpha value is -1.38. The van der Waals surface area contributed by atoms with Crippen molar-refractivity contribution in [1.82, 2.24) is 0 Å². The van der Waals surface area contributed by atoms with E-state index in [0.717, 1.165) is 31.2 Å². The lowest BCUT2D eigenvalue weighted by atomic mass is 9.74. The van der Waals surface area contributed by atoms with Gasteiger partial charge in [-0.2, -0.15) is 0 Å². The number of aliphatic carboxylic acids is 1. The highest BCUT2D eigenvalue weighted by Crippen LogP contribution is 2.39. The third-order valence-corrected chi connectivity index (χ3v) is 3.64. The molecule has 1 saturated carbocycles. The molecule has 1 N–H and O–H groups in total. The minimum Gasteiger partial charge on any atom is -0.481 e. The van der Waals surface area contributed by atoms with Gasteiger partial charge in [-0.3, -0.25) is 4.79 Å². The van der Waals surface area contributed by atoms with E-state index >= 15 is 0 Å². The molecule has 2 atom stereocenters. The minimum atomic E-state index is -0.732. The Labute approximate surface area is 100 Å². The maximum absolute atomic E-state index is 12.9. The predicted octanol–water partition coefficient (Wildman–Crippen LogP) is 3.57. The number of halogens is 1. The molecule has 1 aliphatic rings. The standard InChI is InChI=1S/C14H17FO2/c15-12-7-5-10(6-8-12)13-4-2-1-3-11(13)9-14(16)17/h5-8,11,13H,1-4,9H2,(H,16,17)/t11-,13?/m1/s1. The lowest BCUT2D eigenvalue weighted by Crippen LogP contribution is -2.20. The van der Waals surface area contributed by atoms with Crippen molar-refractivity contribution in [1.29, 1.82) is 0 Å². The van der Waals surface area contributed by atoms with E-state index in [0.29, 0.717) is 0 Å². The summed E-state index contributed by atoms with van der Waals surface area (Å²) < 4.78 is 12.9. The van der Waals surface area contributed by atoms with Crippen LogP contribution in [0.1, 0.15) is 43.6 Å². The first kappa shape index (κ1) is 12.1. The average Bonchev–Trinajstić information content (AvgIpc) is 2.30. The molecule has 0 heterocycles. The van der Waals surface area contributed by atoms with Crippen molar-refractivity contribution >= 4 is 5.97 Å². The largest absolute Gasteiger partial charge is 0.481 e. The van der Waals surface area contributed by atoms with Gasteiger partial charge in [0.15, 0.2) is 0 Å². The van der Waals surface area contributed by atoms with E-state index in [1.807, 2.05) is 0 Å². The van der Waals surface area contributed by atoms with E-state index < -0.39 is 5.97 Å². The number of carboxylic acids is 1. The molecule has 0 aromatic heterocycles. The zero-order valence-corrected chi connectivity index (χ0v) is 9.73. The van der Waals surface area contributed by atoms with Gasteiger partial charge in [-0.25, -0.2) is 4.39 Å². The predicted molar refractivity (Wildman–Crippen MR) is 63.4 cm³/mol. The highest BCUT2D eigenvalue weighted by atomic mass is 19.1. The number of benzene rings is 1. The summed E-state index contributed by atoms with van der Waals surface area (Å²) in [6, 6.07) is 6.50. The Morgan fingerprint density at radius 2 is 1.88 bits per heavy atom.